The average Bonchev–Trinajstić information content (AvgIpc) is 2.68. The van der Waals surface area contributed by atoms with Gasteiger partial charge in [-0.15, -0.1) is 12.4 Å². The third kappa shape index (κ3) is 3.83. The van der Waals surface area contributed by atoms with Crippen LogP contribution in [0.1, 0.15) is 32.6 Å². The first kappa shape index (κ1) is 16.7. The second-order valence-electron chi connectivity index (χ2n) is 5.55. The Morgan fingerprint density at radius 2 is 2.00 bits per heavy atom. The Balaban J connectivity index is 0.00000180. The van der Waals surface area contributed by atoms with Gasteiger partial charge < -0.3 is 10.6 Å². The SMILES string of the molecule is CC(N)C1CCCCN1C(=O)C1CCS(=O)(=O)C1.Cl. The third-order valence-corrected chi connectivity index (χ3v) is 5.79. The smallest absolute Gasteiger partial charge is 0.227 e. The van der Waals surface area contributed by atoms with Crippen molar-refractivity contribution in [1.82, 2.24) is 4.90 Å². The molecule has 2 heterocycles. The molecule has 2 fully saturated rings. The Bertz CT molecular complexity index is 425. The summed E-state index contributed by atoms with van der Waals surface area (Å²) in [7, 11) is -3.00. The summed E-state index contributed by atoms with van der Waals surface area (Å²) in [5, 5.41) is 0. The summed E-state index contributed by atoms with van der Waals surface area (Å²) in [6, 6.07) is 0.0295. The first-order valence-electron chi connectivity index (χ1n) is 6.67. The van der Waals surface area contributed by atoms with Crippen LogP contribution in [0.5, 0.6) is 0 Å². The van der Waals surface area contributed by atoms with Crippen molar-refractivity contribution in [2.45, 2.75) is 44.7 Å². The van der Waals surface area contributed by atoms with Gasteiger partial charge in [0.05, 0.1) is 17.4 Å². The van der Waals surface area contributed by atoms with Crippen LogP contribution >= 0.6 is 12.4 Å². The number of halogens is 1. The van der Waals surface area contributed by atoms with Crippen LogP contribution in [-0.2, 0) is 14.6 Å². The third-order valence-electron chi connectivity index (χ3n) is 4.02. The summed E-state index contributed by atoms with van der Waals surface area (Å²) in [6.07, 6.45) is 3.50. The van der Waals surface area contributed by atoms with Crippen molar-refractivity contribution in [3.63, 3.8) is 0 Å². The van der Waals surface area contributed by atoms with Crippen molar-refractivity contribution in [1.29, 1.82) is 0 Å². The Morgan fingerprint density at radius 3 is 2.53 bits per heavy atom. The number of nitrogens with zero attached hydrogens (tertiary/aromatic N) is 1. The van der Waals surface area contributed by atoms with Gasteiger partial charge in [0.1, 0.15) is 0 Å². The van der Waals surface area contributed by atoms with Crippen LogP contribution in [0, 0.1) is 5.92 Å². The molecule has 2 aliphatic rings. The van der Waals surface area contributed by atoms with Gasteiger partial charge in [0.2, 0.25) is 5.91 Å². The average molecular weight is 311 g/mol. The normalized spacial score (nSPS) is 31.6. The number of sulfone groups is 1. The van der Waals surface area contributed by atoms with E-state index in [1.54, 1.807) is 0 Å². The molecule has 2 aliphatic heterocycles. The molecular weight excluding hydrogens is 288 g/mol. The highest BCUT2D eigenvalue weighted by molar-refractivity contribution is 7.91. The van der Waals surface area contributed by atoms with Crippen molar-refractivity contribution >= 4 is 28.2 Å². The fraction of sp³-hybridized carbons (Fsp3) is 0.917. The molecule has 19 heavy (non-hydrogen) atoms. The molecular formula is C12H23ClN2O3S. The first-order valence-corrected chi connectivity index (χ1v) is 8.49. The van der Waals surface area contributed by atoms with Crippen LogP contribution in [0.15, 0.2) is 0 Å². The highest BCUT2D eigenvalue weighted by Crippen LogP contribution is 2.26. The van der Waals surface area contributed by atoms with E-state index < -0.39 is 9.84 Å². The maximum Gasteiger partial charge on any atom is 0.227 e. The van der Waals surface area contributed by atoms with Crippen LogP contribution in [0.2, 0.25) is 0 Å². The zero-order valence-electron chi connectivity index (χ0n) is 11.2. The van der Waals surface area contributed by atoms with Crippen LogP contribution in [0.25, 0.3) is 0 Å². The summed E-state index contributed by atoms with van der Waals surface area (Å²) in [6.45, 7) is 2.64. The number of piperidine rings is 1. The molecule has 2 rings (SSSR count). The number of rotatable bonds is 2. The molecule has 3 atom stereocenters. The molecule has 0 radical (unpaired) electrons. The minimum absolute atomic E-state index is 0. The van der Waals surface area contributed by atoms with E-state index in [0.717, 1.165) is 25.8 Å². The monoisotopic (exact) mass is 310 g/mol. The van der Waals surface area contributed by atoms with Gasteiger partial charge >= 0.3 is 0 Å². The van der Waals surface area contributed by atoms with Gasteiger partial charge in [-0.1, -0.05) is 0 Å². The van der Waals surface area contributed by atoms with Crippen molar-refractivity contribution in [3.8, 4) is 0 Å². The van der Waals surface area contributed by atoms with Crippen molar-refractivity contribution < 1.29 is 13.2 Å². The van der Waals surface area contributed by atoms with Crippen molar-refractivity contribution in [2.75, 3.05) is 18.1 Å². The molecule has 2 saturated heterocycles. The lowest BCUT2D eigenvalue weighted by Gasteiger charge is -2.39. The molecule has 0 aromatic heterocycles. The number of hydrogen-bond donors (Lipinski definition) is 1. The molecule has 112 valence electrons. The molecule has 5 nitrogen and oxygen atoms in total. The zero-order chi connectivity index (χ0) is 13.3. The van der Waals surface area contributed by atoms with E-state index in [0.29, 0.717) is 6.42 Å². The van der Waals surface area contributed by atoms with Gasteiger partial charge in [0.15, 0.2) is 9.84 Å². The van der Waals surface area contributed by atoms with E-state index in [4.69, 9.17) is 5.73 Å². The number of carbonyl (C=O) groups excluding carboxylic acids is 1. The van der Waals surface area contributed by atoms with E-state index in [1.807, 2.05) is 11.8 Å². The Morgan fingerprint density at radius 1 is 1.32 bits per heavy atom. The van der Waals surface area contributed by atoms with Crippen LogP contribution in [-0.4, -0.2) is 49.4 Å². The minimum Gasteiger partial charge on any atom is -0.338 e. The Hall–Kier alpha value is -0.330. The fourth-order valence-corrected chi connectivity index (χ4v) is 4.73. The van der Waals surface area contributed by atoms with E-state index in [-0.39, 0.29) is 47.8 Å². The molecule has 3 unspecified atom stereocenters. The topological polar surface area (TPSA) is 80.5 Å². The molecule has 2 N–H and O–H groups in total. The van der Waals surface area contributed by atoms with Crippen LogP contribution < -0.4 is 5.73 Å². The number of likely N-dealkylation sites (tertiary alicyclic amines) is 1. The van der Waals surface area contributed by atoms with E-state index in [9.17, 15) is 13.2 Å². The van der Waals surface area contributed by atoms with Crippen LogP contribution in [0.3, 0.4) is 0 Å². The molecule has 0 spiro atoms. The highest BCUT2D eigenvalue weighted by Gasteiger charge is 2.38. The Kier molecular flexibility index (Phi) is 5.65. The molecule has 1 amide bonds. The van der Waals surface area contributed by atoms with Crippen molar-refractivity contribution in [3.05, 3.63) is 0 Å². The standard InChI is InChI=1S/C12H22N2O3S.ClH/c1-9(13)11-4-2-3-6-14(11)12(15)10-5-7-18(16,17)8-10;/h9-11H,2-8,13H2,1H3;1H. The summed E-state index contributed by atoms with van der Waals surface area (Å²) < 4.78 is 22.9. The van der Waals surface area contributed by atoms with Gasteiger partial charge in [-0.25, -0.2) is 8.42 Å². The van der Waals surface area contributed by atoms with Gasteiger partial charge in [0.25, 0.3) is 0 Å². The Labute approximate surface area is 121 Å². The lowest BCUT2D eigenvalue weighted by Crippen LogP contribution is -2.53. The van der Waals surface area contributed by atoms with Gasteiger partial charge in [0, 0.05) is 18.6 Å². The van der Waals surface area contributed by atoms with E-state index >= 15 is 0 Å². The van der Waals surface area contributed by atoms with Gasteiger partial charge in [-0.3, -0.25) is 4.79 Å². The lowest BCUT2D eigenvalue weighted by atomic mass is 9.94. The first-order chi connectivity index (χ1) is 8.41. The number of hydrogen-bond acceptors (Lipinski definition) is 4. The summed E-state index contributed by atoms with van der Waals surface area (Å²) in [4.78, 5) is 14.2. The predicted octanol–water partition coefficient (Wildman–Crippen LogP) is 0.571. The summed E-state index contributed by atoms with van der Waals surface area (Å²) in [5.74, 6) is -0.166. The highest BCUT2D eigenvalue weighted by atomic mass is 35.5. The van der Waals surface area contributed by atoms with Gasteiger partial charge in [-0.05, 0) is 32.6 Å². The molecule has 0 saturated carbocycles. The maximum absolute atomic E-state index is 12.4. The minimum atomic E-state index is -3.00. The summed E-state index contributed by atoms with van der Waals surface area (Å²) >= 11 is 0. The van der Waals surface area contributed by atoms with Crippen molar-refractivity contribution in [2.24, 2.45) is 11.7 Å². The molecule has 0 aromatic rings. The number of carbonyl (C=O) groups is 1. The fourth-order valence-electron chi connectivity index (χ4n) is 3.00. The zero-order valence-corrected chi connectivity index (χ0v) is 12.9. The number of nitrogens with two attached hydrogens (primary N) is 1. The van der Waals surface area contributed by atoms with E-state index in [1.165, 1.54) is 0 Å². The molecule has 0 aromatic carbocycles. The molecule has 0 bridgehead atoms. The quantitative estimate of drug-likeness (QED) is 0.808. The van der Waals surface area contributed by atoms with Gasteiger partial charge in [-0.2, -0.15) is 0 Å². The van der Waals surface area contributed by atoms with E-state index in [2.05, 4.69) is 0 Å². The molecule has 0 aliphatic carbocycles. The number of amides is 1. The lowest BCUT2D eigenvalue weighted by molar-refractivity contribution is -0.138. The molecule has 7 heteroatoms. The second-order valence-corrected chi connectivity index (χ2v) is 7.78. The predicted molar refractivity (Wildman–Crippen MR) is 77.0 cm³/mol. The van der Waals surface area contributed by atoms with Crippen LogP contribution in [0.4, 0.5) is 0 Å². The largest absolute Gasteiger partial charge is 0.338 e. The maximum atomic E-state index is 12.4. The summed E-state index contributed by atoms with van der Waals surface area (Å²) in [5.41, 5.74) is 5.94. The second kappa shape index (κ2) is 6.41.